The van der Waals surface area contributed by atoms with Crippen LogP contribution in [-0.4, -0.2) is 44.4 Å². The number of halogens is 1. The highest BCUT2D eigenvalue weighted by molar-refractivity contribution is 5.85. The lowest BCUT2D eigenvalue weighted by atomic mass is 9.96. The molecule has 1 atom stereocenters. The van der Waals surface area contributed by atoms with Crippen LogP contribution in [0.1, 0.15) is 12.0 Å². The number of methoxy groups -OCH3 is 1. The van der Waals surface area contributed by atoms with Gasteiger partial charge in [-0.05, 0) is 30.5 Å². The quantitative estimate of drug-likeness (QED) is 0.792. The molecule has 5 nitrogen and oxygen atoms in total. The van der Waals surface area contributed by atoms with Gasteiger partial charge in [-0.25, -0.2) is 4.79 Å². The molecule has 2 aliphatic rings. The second-order valence-electron chi connectivity index (χ2n) is 5.74. The fourth-order valence-corrected chi connectivity index (χ4v) is 3.02. The first-order chi connectivity index (χ1) is 10.7. The Morgan fingerprint density at radius 3 is 3.04 bits per heavy atom. The summed E-state index contributed by atoms with van der Waals surface area (Å²) in [5, 5.41) is 0. The zero-order valence-electron chi connectivity index (χ0n) is 13.2. The van der Waals surface area contributed by atoms with Crippen LogP contribution in [0.25, 0.3) is 0 Å². The van der Waals surface area contributed by atoms with Gasteiger partial charge in [0, 0.05) is 19.0 Å². The van der Waals surface area contributed by atoms with Crippen LogP contribution in [0.5, 0.6) is 5.75 Å². The van der Waals surface area contributed by atoms with Crippen molar-refractivity contribution in [1.29, 1.82) is 0 Å². The monoisotopic (exact) mass is 339 g/mol. The number of carbonyl (C=O) groups excluding carboxylic acids is 1. The van der Waals surface area contributed by atoms with Gasteiger partial charge in [-0.3, -0.25) is 4.90 Å². The van der Waals surface area contributed by atoms with Crippen LogP contribution in [0.15, 0.2) is 36.1 Å². The predicted molar refractivity (Wildman–Crippen MR) is 89.0 cm³/mol. The number of hydrogen-bond acceptors (Lipinski definition) is 5. The molecule has 0 aromatic heterocycles. The number of hydrogen-bond donors (Lipinski definition) is 0. The molecule has 0 N–H and O–H groups in total. The van der Waals surface area contributed by atoms with E-state index in [9.17, 15) is 4.79 Å². The first-order valence-corrected chi connectivity index (χ1v) is 7.62. The SMILES string of the molecule is COC(=O)OC1=CCCN(CC2COc3ccccc3C2)C1.Cl. The second-order valence-corrected chi connectivity index (χ2v) is 5.74. The number of nitrogens with zero attached hydrogens (tertiary/aromatic N) is 1. The van der Waals surface area contributed by atoms with Gasteiger partial charge in [0.2, 0.25) is 0 Å². The summed E-state index contributed by atoms with van der Waals surface area (Å²) in [6.45, 7) is 3.31. The van der Waals surface area contributed by atoms with Gasteiger partial charge >= 0.3 is 6.16 Å². The van der Waals surface area contributed by atoms with Crippen LogP contribution in [0.2, 0.25) is 0 Å². The van der Waals surface area contributed by atoms with E-state index in [0.717, 1.165) is 38.3 Å². The lowest BCUT2D eigenvalue weighted by molar-refractivity contribution is 0.0833. The zero-order chi connectivity index (χ0) is 15.4. The van der Waals surface area contributed by atoms with Gasteiger partial charge < -0.3 is 14.2 Å². The minimum atomic E-state index is -0.650. The molecule has 0 amide bonds. The van der Waals surface area contributed by atoms with Crippen molar-refractivity contribution < 1.29 is 19.0 Å². The maximum atomic E-state index is 11.2. The van der Waals surface area contributed by atoms with Crippen molar-refractivity contribution in [1.82, 2.24) is 4.90 Å². The number of ether oxygens (including phenoxy) is 3. The summed E-state index contributed by atoms with van der Waals surface area (Å²) < 4.78 is 15.5. The Hall–Kier alpha value is -1.72. The molecule has 1 aromatic rings. The van der Waals surface area contributed by atoms with Crippen molar-refractivity contribution in [3.63, 3.8) is 0 Å². The number of para-hydroxylation sites is 1. The van der Waals surface area contributed by atoms with Gasteiger partial charge in [-0.1, -0.05) is 18.2 Å². The fourth-order valence-electron chi connectivity index (χ4n) is 3.02. The number of rotatable bonds is 3. The summed E-state index contributed by atoms with van der Waals surface area (Å²) in [6, 6.07) is 8.21. The number of fused-ring (bicyclic) bond motifs is 1. The van der Waals surface area contributed by atoms with Gasteiger partial charge in [0.05, 0.1) is 20.3 Å². The third kappa shape index (κ3) is 4.62. The minimum Gasteiger partial charge on any atom is -0.493 e. The van der Waals surface area contributed by atoms with Crippen molar-refractivity contribution in [3.05, 3.63) is 41.7 Å². The molecule has 0 spiro atoms. The van der Waals surface area contributed by atoms with E-state index < -0.39 is 6.16 Å². The predicted octanol–water partition coefficient (Wildman–Crippen LogP) is 3.03. The number of carbonyl (C=O) groups is 1. The van der Waals surface area contributed by atoms with E-state index in [4.69, 9.17) is 9.47 Å². The molecule has 0 saturated heterocycles. The van der Waals surface area contributed by atoms with Gasteiger partial charge in [-0.15, -0.1) is 12.4 Å². The summed E-state index contributed by atoms with van der Waals surface area (Å²) in [6.07, 6.45) is 3.23. The second kappa shape index (κ2) is 8.22. The van der Waals surface area contributed by atoms with Crippen molar-refractivity contribution in [2.24, 2.45) is 5.92 Å². The van der Waals surface area contributed by atoms with Crippen LogP contribution in [-0.2, 0) is 15.9 Å². The van der Waals surface area contributed by atoms with E-state index in [1.54, 1.807) is 0 Å². The molecule has 126 valence electrons. The highest BCUT2D eigenvalue weighted by atomic mass is 35.5. The topological polar surface area (TPSA) is 48.0 Å². The zero-order valence-corrected chi connectivity index (χ0v) is 14.0. The van der Waals surface area contributed by atoms with Crippen LogP contribution >= 0.6 is 12.4 Å². The maximum Gasteiger partial charge on any atom is 0.513 e. The Kier molecular flexibility index (Phi) is 6.30. The molecule has 0 bridgehead atoms. The standard InChI is InChI=1S/C17H21NO4.ClH/c1-20-17(19)22-15-6-4-8-18(11-15)10-13-9-14-5-2-3-7-16(14)21-12-13;/h2-3,5-7,13H,4,8-12H2,1H3;1H. The van der Waals surface area contributed by atoms with Gasteiger partial charge in [-0.2, -0.15) is 0 Å². The molecule has 0 saturated carbocycles. The summed E-state index contributed by atoms with van der Waals surface area (Å²) in [5.74, 6) is 2.15. The molecule has 3 rings (SSSR count). The third-order valence-corrected chi connectivity index (χ3v) is 4.05. The first kappa shape index (κ1) is 17.6. The average Bonchev–Trinajstić information content (AvgIpc) is 2.55. The molecule has 2 aliphatic heterocycles. The largest absolute Gasteiger partial charge is 0.513 e. The van der Waals surface area contributed by atoms with E-state index in [1.807, 2.05) is 18.2 Å². The summed E-state index contributed by atoms with van der Waals surface area (Å²) in [7, 11) is 1.32. The summed E-state index contributed by atoms with van der Waals surface area (Å²) >= 11 is 0. The summed E-state index contributed by atoms with van der Waals surface area (Å²) in [4.78, 5) is 13.5. The fraction of sp³-hybridized carbons (Fsp3) is 0.471. The van der Waals surface area contributed by atoms with Gasteiger partial charge in [0.1, 0.15) is 11.5 Å². The molecular weight excluding hydrogens is 318 g/mol. The Balaban J connectivity index is 0.00000192. The van der Waals surface area contributed by atoms with E-state index >= 15 is 0 Å². The molecule has 6 heteroatoms. The smallest absolute Gasteiger partial charge is 0.493 e. The maximum absolute atomic E-state index is 11.2. The van der Waals surface area contributed by atoms with Crippen LogP contribution in [0.4, 0.5) is 4.79 Å². The normalized spacial score (nSPS) is 20.4. The highest BCUT2D eigenvalue weighted by Crippen LogP contribution is 2.27. The van der Waals surface area contributed by atoms with Crippen LogP contribution in [0, 0.1) is 5.92 Å². The Labute approximate surface area is 142 Å². The first-order valence-electron chi connectivity index (χ1n) is 7.62. The van der Waals surface area contributed by atoms with Gasteiger partial charge in [0.25, 0.3) is 0 Å². The molecule has 23 heavy (non-hydrogen) atoms. The van der Waals surface area contributed by atoms with E-state index in [-0.39, 0.29) is 12.4 Å². The Bertz CT molecular complexity index is 575. The lowest BCUT2D eigenvalue weighted by Crippen LogP contribution is -2.38. The Morgan fingerprint density at radius 1 is 1.39 bits per heavy atom. The molecule has 1 aromatic carbocycles. The Morgan fingerprint density at radius 2 is 2.22 bits per heavy atom. The van der Waals surface area contributed by atoms with Crippen LogP contribution in [0.3, 0.4) is 0 Å². The lowest BCUT2D eigenvalue weighted by Gasteiger charge is -2.32. The molecule has 0 radical (unpaired) electrons. The average molecular weight is 340 g/mol. The van der Waals surface area contributed by atoms with Gasteiger partial charge in [0.15, 0.2) is 0 Å². The molecule has 2 heterocycles. The van der Waals surface area contributed by atoms with Crippen molar-refractivity contribution in [2.45, 2.75) is 12.8 Å². The summed E-state index contributed by atoms with van der Waals surface area (Å²) in [5.41, 5.74) is 1.28. The van der Waals surface area contributed by atoms with Crippen molar-refractivity contribution in [2.75, 3.05) is 33.4 Å². The molecule has 1 unspecified atom stereocenters. The molecular formula is C17H22ClNO4. The number of benzene rings is 1. The van der Waals surface area contributed by atoms with E-state index in [1.165, 1.54) is 12.7 Å². The molecule has 0 fully saturated rings. The van der Waals surface area contributed by atoms with Crippen molar-refractivity contribution in [3.8, 4) is 5.75 Å². The van der Waals surface area contributed by atoms with Crippen molar-refractivity contribution >= 4 is 18.6 Å². The minimum absolute atomic E-state index is 0. The highest BCUT2D eigenvalue weighted by Gasteiger charge is 2.24. The van der Waals surface area contributed by atoms with Crippen LogP contribution < -0.4 is 4.74 Å². The van der Waals surface area contributed by atoms with E-state index in [2.05, 4.69) is 21.8 Å². The molecule has 0 aliphatic carbocycles. The van der Waals surface area contributed by atoms with E-state index in [0.29, 0.717) is 18.2 Å². The third-order valence-electron chi connectivity index (χ3n) is 4.05.